The second kappa shape index (κ2) is 5.94. The zero-order valence-corrected chi connectivity index (χ0v) is 12.4. The average molecular weight is 272 g/mol. The predicted molar refractivity (Wildman–Crippen MR) is 81.7 cm³/mol. The van der Waals surface area contributed by atoms with Gasteiger partial charge in [0.1, 0.15) is 5.65 Å². The summed E-state index contributed by atoms with van der Waals surface area (Å²) in [7, 11) is 0. The Morgan fingerprint density at radius 2 is 2.30 bits per heavy atom. The Kier molecular flexibility index (Phi) is 4.03. The first-order valence-electron chi connectivity index (χ1n) is 7.64. The Bertz CT molecular complexity index is 529. The van der Waals surface area contributed by atoms with E-state index < -0.39 is 0 Å². The molecule has 108 valence electrons. The number of nitrogens with one attached hydrogen (secondary N) is 1. The number of rotatable bonds is 4. The molecule has 2 aromatic heterocycles. The van der Waals surface area contributed by atoms with Gasteiger partial charge in [-0.3, -0.25) is 4.90 Å². The van der Waals surface area contributed by atoms with Crippen LogP contribution < -0.4 is 5.32 Å². The van der Waals surface area contributed by atoms with Crippen LogP contribution in [0.5, 0.6) is 0 Å². The molecule has 2 atom stereocenters. The molecule has 0 aliphatic carbocycles. The number of imidazole rings is 1. The number of piperidine rings is 1. The summed E-state index contributed by atoms with van der Waals surface area (Å²) in [5, 5.41) is 3.59. The highest BCUT2D eigenvalue weighted by atomic mass is 15.2. The lowest BCUT2D eigenvalue weighted by Gasteiger charge is -2.37. The van der Waals surface area contributed by atoms with E-state index in [9.17, 15) is 0 Å². The number of pyridine rings is 1. The van der Waals surface area contributed by atoms with E-state index in [1.54, 1.807) is 0 Å². The lowest BCUT2D eigenvalue weighted by molar-refractivity contribution is 0.141. The molecule has 0 saturated carbocycles. The van der Waals surface area contributed by atoms with Gasteiger partial charge in [0.05, 0.1) is 5.69 Å². The smallest absolute Gasteiger partial charge is 0.137 e. The number of aromatic nitrogens is 2. The van der Waals surface area contributed by atoms with E-state index >= 15 is 0 Å². The van der Waals surface area contributed by atoms with E-state index in [1.807, 2.05) is 12.1 Å². The first-order valence-corrected chi connectivity index (χ1v) is 7.64. The fraction of sp³-hybridized carbons (Fsp3) is 0.562. The first-order chi connectivity index (χ1) is 9.76. The monoisotopic (exact) mass is 272 g/mol. The number of nitrogens with zero attached hydrogens (tertiary/aromatic N) is 3. The van der Waals surface area contributed by atoms with Crippen molar-refractivity contribution in [3.8, 4) is 0 Å². The van der Waals surface area contributed by atoms with E-state index in [-0.39, 0.29) is 0 Å². The molecule has 4 nitrogen and oxygen atoms in total. The minimum Gasteiger partial charge on any atom is -0.314 e. The summed E-state index contributed by atoms with van der Waals surface area (Å²) in [6.07, 6.45) is 5.45. The van der Waals surface area contributed by atoms with Crippen molar-refractivity contribution in [2.45, 2.75) is 32.9 Å². The second-order valence-corrected chi connectivity index (χ2v) is 5.86. The van der Waals surface area contributed by atoms with Crippen LogP contribution in [0.15, 0.2) is 30.6 Å². The molecule has 3 rings (SSSR count). The molecule has 1 fully saturated rings. The van der Waals surface area contributed by atoms with Gasteiger partial charge in [-0.2, -0.15) is 0 Å². The molecule has 0 bridgehead atoms. The number of hydrogen-bond donors (Lipinski definition) is 1. The number of likely N-dealkylation sites (tertiary alicyclic amines) is 1. The maximum atomic E-state index is 4.69. The lowest BCUT2D eigenvalue weighted by Crippen LogP contribution is -2.47. The molecule has 0 radical (unpaired) electrons. The Morgan fingerprint density at radius 3 is 3.05 bits per heavy atom. The third-order valence-electron chi connectivity index (χ3n) is 4.26. The van der Waals surface area contributed by atoms with Gasteiger partial charge in [-0.05, 0) is 31.0 Å². The molecule has 0 aromatic carbocycles. The molecule has 2 unspecified atom stereocenters. The van der Waals surface area contributed by atoms with Crippen LogP contribution in [-0.2, 0) is 6.54 Å². The third-order valence-corrected chi connectivity index (χ3v) is 4.26. The van der Waals surface area contributed by atoms with Gasteiger partial charge in [0.2, 0.25) is 0 Å². The normalized spacial score (nSPS) is 24.3. The van der Waals surface area contributed by atoms with E-state index in [1.165, 1.54) is 12.1 Å². The quantitative estimate of drug-likeness (QED) is 0.925. The van der Waals surface area contributed by atoms with Crippen LogP contribution in [0.4, 0.5) is 0 Å². The summed E-state index contributed by atoms with van der Waals surface area (Å²) in [6, 6.07) is 6.82. The second-order valence-electron chi connectivity index (χ2n) is 5.86. The van der Waals surface area contributed by atoms with Crippen molar-refractivity contribution in [3.63, 3.8) is 0 Å². The number of hydrogen-bond acceptors (Lipinski definition) is 3. The van der Waals surface area contributed by atoms with Gasteiger partial charge in [0, 0.05) is 38.1 Å². The fourth-order valence-corrected chi connectivity index (χ4v) is 3.23. The number of fused-ring (bicyclic) bond motifs is 1. The molecule has 3 heterocycles. The van der Waals surface area contributed by atoms with Crippen molar-refractivity contribution in [1.29, 1.82) is 0 Å². The van der Waals surface area contributed by atoms with Crippen LogP contribution in [0, 0.1) is 5.92 Å². The average Bonchev–Trinajstić information content (AvgIpc) is 2.84. The Hall–Kier alpha value is -1.39. The minimum atomic E-state index is 0.678. The highest BCUT2D eigenvalue weighted by Gasteiger charge is 2.25. The van der Waals surface area contributed by atoms with Gasteiger partial charge in [0.25, 0.3) is 0 Å². The largest absolute Gasteiger partial charge is 0.314 e. The van der Waals surface area contributed by atoms with Gasteiger partial charge >= 0.3 is 0 Å². The molecular formula is C16H24N4. The molecule has 1 aliphatic heterocycles. The standard InChI is InChI=1S/C16H24N4/c1-3-17-15-7-9-19(10-13(15)2)11-14-12-20-8-5-4-6-16(20)18-14/h4-6,8,12-13,15,17H,3,7,9-11H2,1-2H3. The maximum absolute atomic E-state index is 4.69. The molecule has 4 heteroatoms. The fourth-order valence-electron chi connectivity index (χ4n) is 3.23. The SMILES string of the molecule is CCNC1CCN(Cc2cn3ccccc3n2)CC1C. The summed E-state index contributed by atoms with van der Waals surface area (Å²) in [5.41, 5.74) is 2.21. The van der Waals surface area contributed by atoms with E-state index in [0.29, 0.717) is 12.0 Å². The van der Waals surface area contributed by atoms with Crippen LogP contribution in [-0.4, -0.2) is 40.0 Å². The summed E-state index contributed by atoms with van der Waals surface area (Å²) in [5.74, 6) is 0.709. The van der Waals surface area contributed by atoms with Crippen LogP contribution in [0.3, 0.4) is 0 Å². The molecule has 0 amide bonds. The summed E-state index contributed by atoms with van der Waals surface area (Å²) in [6.45, 7) is 8.90. The molecule has 0 spiro atoms. The third kappa shape index (κ3) is 2.86. The van der Waals surface area contributed by atoms with Crippen LogP contribution in [0.1, 0.15) is 26.0 Å². The minimum absolute atomic E-state index is 0.678. The van der Waals surface area contributed by atoms with Crippen molar-refractivity contribution in [2.75, 3.05) is 19.6 Å². The summed E-state index contributed by atoms with van der Waals surface area (Å²) >= 11 is 0. The Morgan fingerprint density at radius 1 is 1.40 bits per heavy atom. The summed E-state index contributed by atoms with van der Waals surface area (Å²) < 4.78 is 2.10. The molecule has 1 N–H and O–H groups in total. The Balaban J connectivity index is 1.64. The van der Waals surface area contributed by atoms with Crippen molar-refractivity contribution in [2.24, 2.45) is 5.92 Å². The van der Waals surface area contributed by atoms with Gasteiger partial charge in [-0.25, -0.2) is 4.98 Å². The highest BCUT2D eigenvalue weighted by Crippen LogP contribution is 2.18. The lowest BCUT2D eigenvalue weighted by atomic mass is 9.94. The molecule has 1 saturated heterocycles. The predicted octanol–water partition coefficient (Wildman–Crippen LogP) is 2.15. The van der Waals surface area contributed by atoms with E-state index in [4.69, 9.17) is 4.98 Å². The van der Waals surface area contributed by atoms with Gasteiger partial charge in [-0.15, -0.1) is 0 Å². The topological polar surface area (TPSA) is 32.6 Å². The Labute approximate surface area is 120 Å². The zero-order chi connectivity index (χ0) is 13.9. The molecule has 2 aromatic rings. The van der Waals surface area contributed by atoms with Crippen LogP contribution >= 0.6 is 0 Å². The molecular weight excluding hydrogens is 248 g/mol. The summed E-state index contributed by atoms with van der Waals surface area (Å²) in [4.78, 5) is 7.22. The maximum Gasteiger partial charge on any atom is 0.137 e. The molecule has 1 aliphatic rings. The van der Waals surface area contributed by atoms with Gasteiger partial charge < -0.3 is 9.72 Å². The highest BCUT2D eigenvalue weighted by molar-refractivity contribution is 5.39. The van der Waals surface area contributed by atoms with Gasteiger partial charge in [-0.1, -0.05) is 19.9 Å². The van der Waals surface area contributed by atoms with Crippen molar-refractivity contribution >= 4 is 5.65 Å². The van der Waals surface area contributed by atoms with E-state index in [0.717, 1.165) is 31.8 Å². The van der Waals surface area contributed by atoms with Crippen molar-refractivity contribution in [3.05, 3.63) is 36.3 Å². The first kappa shape index (κ1) is 13.6. The molecule has 20 heavy (non-hydrogen) atoms. The zero-order valence-electron chi connectivity index (χ0n) is 12.4. The van der Waals surface area contributed by atoms with Crippen LogP contribution in [0.2, 0.25) is 0 Å². The van der Waals surface area contributed by atoms with Crippen molar-refractivity contribution < 1.29 is 0 Å². The van der Waals surface area contributed by atoms with Gasteiger partial charge in [0.15, 0.2) is 0 Å². The van der Waals surface area contributed by atoms with Crippen LogP contribution in [0.25, 0.3) is 5.65 Å². The van der Waals surface area contributed by atoms with Crippen molar-refractivity contribution in [1.82, 2.24) is 19.6 Å². The van der Waals surface area contributed by atoms with E-state index in [2.05, 4.69) is 46.9 Å².